The normalized spacial score (nSPS) is 18.0. The molecule has 0 fully saturated rings. The molecule has 0 radical (unpaired) electrons. The number of allylic oxidation sites excluding steroid dienone is 2. The maximum Gasteiger partial charge on any atom is 0.338 e. The monoisotopic (exact) mass is 373 g/mol. The van der Waals surface area contributed by atoms with E-state index in [1.165, 1.54) is 19.1 Å². The third-order valence-corrected chi connectivity index (χ3v) is 4.13. The number of hydrogen-bond donors (Lipinski definition) is 1. The van der Waals surface area contributed by atoms with Crippen LogP contribution in [0.1, 0.15) is 25.3 Å². The van der Waals surface area contributed by atoms with E-state index in [0.29, 0.717) is 0 Å². The molecule has 1 atom stereocenters. The number of esters is 1. The summed E-state index contributed by atoms with van der Waals surface area (Å²) in [5.74, 6) is -1.57. The van der Waals surface area contributed by atoms with Crippen molar-refractivity contribution in [2.75, 3.05) is 13.4 Å². The number of nitrogens with zero attached hydrogens (tertiary/aromatic N) is 2. The van der Waals surface area contributed by atoms with Crippen molar-refractivity contribution in [2.24, 2.45) is 5.73 Å². The number of nitriles is 1. The van der Waals surface area contributed by atoms with Gasteiger partial charge in [0.1, 0.15) is 17.4 Å². The molecular formula is C17H15N3O7. The summed E-state index contributed by atoms with van der Waals surface area (Å²) in [6, 6.07) is 4.44. The Hall–Kier alpha value is -3.74. The molecule has 2 N–H and O–H groups in total. The van der Waals surface area contributed by atoms with Crippen molar-refractivity contribution >= 4 is 11.7 Å². The first-order valence-electron chi connectivity index (χ1n) is 7.92. The van der Waals surface area contributed by atoms with Crippen molar-refractivity contribution in [1.82, 2.24) is 0 Å². The van der Waals surface area contributed by atoms with Gasteiger partial charge in [0, 0.05) is 5.56 Å². The lowest BCUT2D eigenvalue weighted by Gasteiger charge is -2.26. The minimum atomic E-state index is -1.14. The molecule has 3 rings (SSSR count). The number of nitro groups is 1. The first-order chi connectivity index (χ1) is 12.9. The van der Waals surface area contributed by atoms with Gasteiger partial charge < -0.3 is 24.7 Å². The van der Waals surface area contributed by atoms with Crippen LogP contribution in [0.3, 0.4) is 0 Å². The summed E-state index contributed by atoms with van der Waals surface area (Å²) >= 11 is 0. The average Bonchev–Trinajstić information content (AvgIpc) is 3.07. The smallest absolute Gasteiger partial charge is 0.338 e. The molecule has 0 aliphatic carbocycles. The van der Waals surface area contributed by atoms with Gasteiger partial charge in [-0.15, -0.1) is 0 Å². The molecular weight excluding hydrogens is 358 g/mol. The van der Waals surface area contributed by atoms with E-state index < -0.39 is 16.8 Å². The topological polar surface area (TPSA) is 147 Å². The Bertz CT molecular complexity index is 943. The zero-order chi connectivity index (χ0) is 19.7. The van der Waals surface area contributed by atoms with Gasteiger partial charge in [-0.1, -0.05) is 0 Å². The number of ether oxygens (including phenoxy) is 4. The van der Waals surface area contributed by atoms with Gasteiger partial charge in [0.2, 0.25) is 12.7 Å². The number of nitro benzene ring substituents is 1. The Morgan fingerprint density at radius 3 is 2.70 bits per heavy atom. The van der Waals surface area contributed by atoms with Gasteiger partial charge in [0.15, 0.2) is 11.5 Å². The molecule has 0 saturated carbocycles. The summed E-state index contributed by atoms with van der Waals surface area (Å²) < 4.78 is 20.8. The number of carbonyl (C=O) groups excluding carboxylic acids is 1. The molecule has 0 unspecified atom stereocenters. The molecule has 0 aromatic heterocycles. The highest BCUT2D eigenvalue weighted by atomic mass is 16.7. The van der Waals surface area contributed by atoms with Crippen LogP contribution in [-0.4, -0.2) is 24.3 Å². The van der Waals surface area contributed by atoms with Crippen LogP contribution in [0, 0.1) is 21.4 Å². The Morgan fingerprint density at radius 2 is 2.11 bits per heavy atom. The number of hydrogen-bond acceptors (Lipinski definition) is 9. The van der Waals surface area contributed by atoms with E-state index in [1.807, 2.05) is 6.07 Å². The van der Waals surface area contributed by atoms with Crippen LogP contribution in [0.15, 0.2) is 34.9 Å². The van der Waals surface area contributed by atoms with Gasteiger partial charge >= 0.3 is 5.97 Å². The molecule has 140 valence electrons. The highest BCUT2D eigenvalue weighted by Crippen LogP contribution is 2.47. The predicted octanol–water partition coefficient (Wildman–Crippen LogP) is 1.97. The molecule has 0 amide bonds. The Labute approximate surface area is 153 Å². The highest BCUT2D eigenvalue weighted by Gasteiger charge is 2.40. The summed E-state index contributed by atoms with van der Waals surface area (Å²) in [5.41, 5.74) is 5.34. The Balaban J connectivity index is 2.27. The van der Waals surface area contributed by atoms with Crippen molar-refractivity contribution in [1.29, 1.82) is 5.26 Å². The average molecular weight is 373 g/mol. The van der Waals surface area contributed by atoms with Gasteiger partial charge in [-0.05, 0) is 19.9 Å². The van der Waals surface area contributed by atoms with E-state index in [0.717, 1.165) is 0 Å². The SMILES string of the molecule is CCOC(=O)C1=C(C)OC(N)=C(C#N)[C@@H]1c1cc2c(cc1[N+](=O)[O-])OCO2. The van der Waals surface area contributed by atoms with Crippen LogP contribution >= 0.6 is 0 Å². The second-order valence-corrected chi connectivity index (χ2v) is 5.64. The molecule has 27 heavy (non-hydrogen) atoms. The molecule has 1 aromatic carbocycles. The number of fused-ring (bicyclic) bond motifs is 1. The molecule has 0 saturated heterocycles. The van der Waals surface area contributed by atoms with Crippen molar-refractivity contribution in [3.8, 4) is 17.6 Å². The summed E-state index contributed by atoms with van der Waals surface area (Å²) in [6.45, 7) is 3.07. The number of rotatable bonds is 4. The maximum atomic E-state index is 12.5. The van der Waals surface area contributed by atoms with E-state index in [4.69, 9.17) is 24.7 Å². The molecule has 2 aliphatic heterocycles. The van der Waals surface area contributed by atoms with Crippen molar-refractivity contribution in [3.05, 3.63) is 50.6 Å². The summed E-state index contributed by atoms with van der Waals surface area (Å²) in [7, 11) is 0. The van der Waals surface area contributed by atoms with Gasteiger partial charge in [-0.2, -0.15) is 5.26 Å². The van der Waals surface area contributed by atoms with Crippen LogP contribution in [0.2, 0.25) is 0 Å². The van der Waals surface area contributed by atoms with Crippen LogP contribution < -0.4 is 15.2 Å². The minimum Gasteiger partial charge on any atom is -0.463 e. The molecule has 0 bridgehead atoms. The number of carbonyl (C=O) groups is 1. The third-order valence-electron chi connectivity index (χ3n) is 4.13. The first-order valence-corrected chi connectivity index (χ1v) is 7.92. The summed E-state index contributed by atoms with van der Waals surface area (Å²) in [6.07, 6.45) is 0. The Kier molecular flexibility index (Phi) is 4.60. The van der Waals surface area contributed by atoms with E-state index in [9.17, 15) is 20.2 Å². The quantitative estimate of drug-likeness (QED) is 0.475. The second-order valence-electron chi connectivity index (χ2n) is 5.64. The van der Waals surface area contributed by atoms with Crippen molar-refractivity contribution in [3.63, 3.8) is 0 Å². The summed E-state index contributed by atoms with van der Waals surface area (Å²) in [4.78, 5) is 23.5. The fourth-order valence-corrected chi connectivity index (χ4v) is 3.00. The van der Waals surface area contributed by atoms with E-state index in [2.05, 4.69) is 0 Å². The van der Waals surface area contributed by atoms with Gasteiger partial charge in [0.25, 0.3) is 5.69 Å². The Morgan fingerprint density at radius 1 is 1.44 bits per heavy atom. The lowest BCUT2D eigenvalue weighted by Crippen LogP contribution is -2.26. The van der Waals surface area contributed by atoms with Crippen molar-refractivity contribution < 1.29 is 28.7 Å². The molecule has 10 heteroatoms. The maximum absolute atomic E-state index is 12.5. The fraction of sp³-hybridized carbons (Fsp3) is 0.294. The molecule has 10 nitrogen and oxygen atoms in total. The van der Waals surface area contributed by atoms with E-state index in [-0.39, 0.29) is 58.9 Å². The first kappa shape index (κ1) is 18.1. The van der Waals surface area contributed by atoms with Crippen LogP contribution in [-0.2, 0) is 14.3 Å². The number of nitrogens with two attached hydrogens (primary N) is 1. The zero-order valence-corrected chi connectivity index (χ0v) is 14.5. The third kappa shape index (κ3) is 2.99. The largest absolute Gasteiger partial charge is 0.463 e. The zero-order valence-electron chi connectivity index (χ0n) is 14.5. The van der Waals surface area contributed by atoms with E-state index >= 15 is 0 Å². The van der Waals surface area contributed by atoms with E-state index in [1.54, 1.807) is 6.92 Å². The lowest BCUT2D eigenvalue weighted by molar-refractivity contribution is -0.385. The lowest BCUT2D eigenvalue weighted by atomic mass is 9.82. The molecule has 2 aliphatic rings. The molecule has 2 heterocycles. The molecule has 1 aromatic rings. The van der Waals surface area contributed by atoms with Crippen molar-refractivity contribution in [2.45, 2.75) is 19.8 Å². The standard InChI is InChI=1S/C17H15N3O7/c1-3-24-17(21)14-8(2)27-16(19)10(6-18)15(14)9-4-12-13(26-7-25-12)5-11(9)20(22)23/h4-5,15H,3,7,19H2,1-2H3/t15-/m0/s1. The highest BCUT2D eigenvalue weighted by molar-refractivity contribution is 5.93. The molecule has 0 spiro atoms. The predicted molar refractivity (Wildman–Crippen MR) is 89.2 cm³/mol. The fourth-order valence-electron chi connectivity index (χ4n) is 3.00. The van der Waals surface area contributed by atoms with Crippen LogP contribution in [0.4, 0.5) is 5.69 Å². The van der Waals surface area contributed by atoms with Gasteiger partial charge in [-0.25, -0.2) is 4.79 Å². The summed E-state index contributed by atoms with van der Waals surface area (Å²) in [5, 5.41) is 21.2. The van der Waals surface area contributed by atoms with Crippen LogP contribution in [0.25, 0.3) is 0 Å². The van der Waals surface area contributed by atoms with Gasteiger partial charge in [0.05, 0.1) is 29.1 Å². The number of benzene rings is 1. The minimum absolute atomic E-state index is 0.0374. The van der Waals surface area contributed by atoms with Gasteiger partial charge in [-0.3, -0.25) is 10.1 Å². The van der Waals surface area contributed by atoms with Crippen LogP contribution in [0.5, 0.6) is 11.5 Å². The second kappa shape index (κ2) is 6.87.